The fourth-order valence-corrected chi connectivity index (χ4v) is 2.07. The summed E-state index contributed by atoms with van der Waals surface area (Å²) in [6.07, 6.45) is 0.839. The predicted molar refractivity (Wildman–Crippen MR) is 77.9 cm³/mol. The van der Waals surface area contributed by atoms with Gasteiger partial charge >= 0.3 is 0 Å². The number of fused-ring (bicyclic) bond motifs is 1. The van der Waals surface area contributed by atoms with Crippen LogP contribution in [0.4, 0.5) is 0 Å². The normalized spacial score (nSPS) is 10.5. The SMILES string of the molecule is COc1ccc2cc(OCCCCl)ccc2c1OC. The maximum atomic E-state index is 5.63. The van der Waals surface area contributed by atoms with Crippen LogP contribution in [0.5, 0.6) is 17.2 Å². The quantitative estimate of drug-likeness (QED) is 0.594. The Morgan fingerprint density at radius 3 is 2.58 bits per heavy atom. The standard InChI is InChI=1S/C15H17ClO3/c1-17-14-7-4-11-10-12(19-9-3-8-16)5-6-13(11)15(14)18-2/h4-7,10H,3,8-9H2,1-2H3. The zero-order valence-electron chi connectivity index (χ0n) is 11.1. The molecular formula is C15H17ClO3. The summed E-state index contributed by atoms with van der Waals surface area (Å²) < 4.78 is 16.3. The molecule has 0 heterocycles. The van der Waals surface area contributed by atoms with E-state index in [1.54, 1.807) is 14.2 Å². The Kier molecular flexibility index (Phi) is 4.74. The largest absolute Gasteiger partial charge is 0.494 e. The average molecular weight is 281 g/mol. The van der Waals surface area contributed by atoms with E-state index >= 15 is 0 Å². The Morgan fingerprint density at radius 1 is 1.05 bits per heavy atom. The molecule has 0 aliphatic rings. The number of alkyl halides is 1. The summed E-state index contributed by atoms with van der Waals surface area (Å²) in [6.45, 7) is 0.627. The van der Waals surface area contributed by atoms with Crippen LogP contribution in [0.2, 0.25) is 0 Å². The van der Waals surface area contributed by atoms with Crippen LogP contribution < -0.4 is 14.2 Å². The highest BCUT2D eigenvalue weighted by Gasteiger charge is 2.09. The van der Waals surface area contributed by atoms with E-state index in [0.29, 0.717) is 12.5 Å². The molecule has 0 aromatic heterocycles. The highest BCUT2D eigenvalue weighted by atomic mass is 35.5. The number of halogens is 1. The minimum Gasteiger partial charge on any atom is -0.494 e. The summed E-state index contributed by atoms with van der Waals surface area (Å²) >= 11 is 5.63. The van der Waals surface area contributed by atoms with E-state index in [9.17, 15) is 0 Å². The lowest BCUT2D eigenvalue weighted by molar-refractivity contribution is 0.318. The number of benzene rings is 2. The molecule has 0 saturated heterocycles. The molecular weight excluding hydrogens is 264 g/mol. The third-order valence-corrected chi connectivity index (χ3v) is 3.14. The first-order chi connectivity index (χ1) is 9.30. The molecule has 2 aromatic carbocycles. The molecule has 0 saturated carbocycles. The van der Waals surface area contributed by atoms with Gasteiger partial charge in [0.25, 0.3) is 0 Å². The van der Waals surface area contributed by atoms with E-state index < -0.39 is 0 Å². The molecule has 19 heavy (non-hydrogen) atoms. The van der Waals surface area contributed by atoms with Gasteiger partial charge in [0, 0.05) is 11.3 Å². The first kappa shape index (κ1) is 13.8. The first-order valence-electron chi connectivity index (χ1n) is 6.13. The van der Waals surface area contributed by atoms with Crippen molar-refractivity contribution < 1.29 is 14.2 Å². The fraction of sp³-hybridized carbons (Fsp3) is 0.333. The fourth-order valence-electron chi connectivity index (χ4n) is 1.97. The Hall–Kier alpha value is -1.61. The van der Waals surface area contributed by atoms with Crippen molar-refractivity contribution in [1.29, 1.82) is 0 Å². The van der Waals surface area contributed by atoms with Crippen molar-refractivity contribution in [2.45, 2.75) is 6.42 Å². The molecule has 0 spiro atoms. The monoisotopic (exact) mass is 280 g/mol. The van der Waals surface area contributed by atoms with Crippen LogP contribution in [0.3, 0.4) is 0 Å². The number of rotatable bonds is 6. The van der Waals surface area contributed by atoms with E-state index in [4.69, 9.17) is 25.8 Å². The molecule has 0 N–H and O–H groups in total. The lowest BCUT2D eigenvalue weighted by Gasteiger charge is -2.12. The van der Waals surface area contributed by atoms with Gasteiger partial charge in [-0.05, 0) is 36.1 Å². The van der Waals surface area contributed by atoms with E-state index in [0.717, 1.165) is 34.4 Å². The van der Waals surface area contributed by atoms with E-state index in [1.807, 2.05) is 30.3 Å². The minimum absolute atomic E-state index is 0.610. The van der Waals surface area contributed by atoms with Crippen molar-refractivity contribution in [1.82, 2.24) is 0 Å². The molecule has 0 aliphatic carbocycles. The lowest BCUT2D eigenvalue weighted by Crippen LogP contribution is -1.98. The Labute approximate surface area is 118 Å². The van der Waals surface area contributed by atoms with Crippen molar-refractivity contribution in [2.75, 3.05) is 26.7 Å². The Morgan fingerprint density at radius 2 is 1.89 bits per heavy atom. The number of hydrogen-bond acceptors (Lipinski definition) is 3. The maximum Gasteiger partial charge on any atom is 0.168 e. The van der Waals surface area contributed by atoms with E-state index in [-0.39, 0.29) is 0 Å². The molecule has 0 aliphatic heterocycles. The van der Waals surface area contributed by atoms with E-state index in [2.05, 4.69) is 0 Å². The second-order valence-corrected chi connectivity index (χ2v) is 4.45. The molecule has 0 amide bonds. The van der Waals surface area contributed by atoms with Gasteiger partial charge in [0.2, 0.25) is 0 Å². The van der Waals surface area contributed by atoms with Gasteiger partial charge < -0.3 is 14.2 Å². The van der Waals surface area contributed by atoms with Crippen molar-refractivity contribution in [2.24, 2.45) is 0 Å². The highest BCUT2D eigenvalue weighted by Crippen LogP contribution is 2.36. The van der Waals surface area contributed by atoms with Gasteiger partial charge in [-0.15, -0.1) is 11.6 Å². The van der Waals surface area contributed by atoms with Crippen molar-refractivity contribution in [3.05, 3.63) is 30.3 Å². The summed E-state index contributed by atoms with van der Waals surface area (Å²) in [7, 11) is 3.27. The molecule has 3 nitrogen and oxygen atoms in total. The maximum absolute atomic E-state index is 5.63. The molecule has 2 aromatic rings. The zero-order chi connectivity index (χ0) is 13.7. The predicted octanol–water partition coefficient (Wildman–Crippen LogP) is 3.86. The smallest absolute Gasteiger partial charge is 0.168 e. The number of ether oxygens (including phenoxy) is 3. The van der Waals surface area contributed by atoms with Crippen LogP contribution in [0.25, 0.3) is 10.8 Å². The number of hydrogen-bond donors (Lipinski definition) is 0. The Bertz CT molecular complexity index is 554. The van der Waals surface area contributed by atoms with Crippen LogP contribution in [-0.4, -0.2) is 26.7 Å². The van der Waals surface area contributed by atoms with E-state index in [1.165, 1.54) is 0 Å². The van der Waals surface area contributed by atoms with Gasteiger partial charge in [0.15, 0.2) is 11.5 Å². The van der Waals surface area contributed by atoms with Crippen LogP contribution >= 0.6 is 11.6 Å². The van der Waals surface area contributed by atoms with Crippen molar-refractivity contribution in [3.8, 4) is 17.2 Å². The molecule has 102 valence electrons. The molecule has 4 heteroatoms. The summed E-state index contributed by atoms with van der Waals surface area (Å²) in [6, 6.07) is 9.78. The highest BCUT2D eigenvalue weighted by molar-refractivity contribution is 6.17. The zero-order valence-corrected chi connectivity index (χ0v) is 11.9. The summed E-state index contributed by atoms with van der Waals surface area (Å²) in [5.41, 5.74) is 0. The summed E-state index contributed by atoms with van der Waals surface area (Å²) in [4.78, 5) is 0. The van der Waals surface area contributed by atoms with Gasteiger partial charge in [-0.2, -0.15) is 0 Å². The van der Waals surface area contributed by atoms with Gasteiger partial charge in [0.1, 0.15) is 5.75 Å². The molecule has 0 unspecified atom stereocenters. The van der Waals surface area contributed by atoms with Gasteiger partial charge in [0.05, 0.1) is 20.8 Å². The van der Waals surface area contributed by atoms with Crippen LogP contribution in [-0.2, 0) is 0 Å². The number of methoxy groups -OCH3 is 2. The topological polar surface area (TPSA) is 27.7 Å². The van der Waals surface area contributed by atoms with Crippen molar-refractivity contribution >= 4 is 22.4 Å². The first-order valence-corrected chi connectivity index (χ1v) is 6.67. The average Bonchev–Trinajstić information content (AvgIpc) is 2.46. The second-order valence-electron chi connectivity index (χ2n) is 4.08. The second kappa shape index (κ2) is 6.53. The molecule has 0 bridgehead atoms. The lowest BCUT2D eigenvalue weighted by atomic mass is 10.1. The Balaban J connectivity index is 2.34. The van der Waals surface area contributed by atoms with Crippen LogP contribution in [0.1, 0.15) is 6.42 Å². The minimum atomic E-state index is 0.610. The molecule has 0 atom stereocenters. The molecule has 0 radical (unpaired) electrons. The third-order valence-electron chi connectivity index (χ3n) is 2.88. The van der Waals surface area contributed by atoms with Gasteiger partial charge in [-0.3, -0.25) is 0 Å². The van der Waals surface area contributed by atoms with Gasteiger partial charge in [-0.1, -0.05) is 6.07 Å². The molecule has 2 rings (SSSR count). The molecule has 0 fully saturated rings. The summed E-state index contributed by atoms with van der Waals surface area (Å²) in [5.74, 6) is 2.92. The van der Waals surface area contributed by atoms with Crippen LogP contribution in [0, 0.1) is 0 Å². The van der Waals surface area contributed by atoms with Gasteiger partial charge in [-0.25, -0.2) is 0 Å². The third kappa shape index (κ3) is 3.04. The van der Waals surface area contributed by atoms with Crippen molar-refractivity contribution in [3.63, 3.8) is 0 Å². The summed E-state index contributed by atoms with van der Waals surface area (Å²) in [5, 5.41) is 2.06. The van der Waals surface area contributed by atoms with Crippen LogP contribution in [0.15, 0.2) is 30.3 Å².